The fraction of sp³-hybridized carbons (Fsp3) is 0.500. The van der Waals surface area contributed by atoms with Gasteiger partial charge in [-0.05, 0) is 62.4 Å². The summed E-state index contributed by atoms with van der Waals surface area (Å²) in [6.45, 7) is 14.1. The van der Waals surface area contributed by atoms with Gasteiger partial charge in [0.25, 0.3) is 5.56 Å². The van der Waals surface area contributed by atoms with Crippen molar-refractivity contribution in [3.05, 3.63) is 62.1 Å². The molecule has 0 saturated heterocycles. The van der Waals surface area contributed by atoms with Crippen LogP contribution in [0.1, 0.15) is 74.2 Å². The Labute approximate surface area is 187 Å². The van der Waals surface area contributed by atoms with Crippen LogP contribution >= 0.6 is 0 Å². The second-order valence-corrected chi connectivity index (χ2v) is 10.5. The van der Waals surface area contributed by atoms with Crippen molar-refractivity contribution in [2.75, 3.05) is 0 Å². The lowest BCUT2D eigenvalue weighted by atomic mass is 9.80. The highest BCUT2D eigenvalue weighted by molar-refractivity contribution is 5.97. The summed E-state index contributed by atoms with van der Waals surface area (Å²) in [5, 5.41) is 20.8. The normalized spacial score (nSPS) is 20.1. The van der Waals surface area contributed by atoms with Gasteiger partial charge in [0.15, 0.2) is 0 Å². The van der Waals surface area contributed by atoms with Gasteiger partial charge in [0, 0.05) is 16.8 Å². The summed E-state index contributed by atoms with van der Waals surface area (Å²) in [4.78, 5) is 13.9. The molecule has 6 nitrogen and oxygen atoms in total. The number of aliphatic hydroxyl groups is 1. The van der Waals surface area contributed by atoms with Crippen LogP contribution in [-0.2, 0) is 16.4 Å². The highest BCUT2D eigenvalue weighted by Crippen LogP contribution is 2.43. The van der Waals surface area contributed by atoms with E-state index in [1.807, 2.05) is 27.7 Å². The Bertz CT molecular complexity index is 1120. The van der Waals surface area contributed by atoms with Gasteiger partial charge in [0.05, 0.1) is 24.3 Å². The number of nitriles is 1. The average Bonchev–Trinajstić information content (AvgIpc) is 2.67. The van der Waals surface area contributed by atoms with Crippen molar-refractivity contribution in [2.24, 2.45) is 0 Å². The lowest BCUT2D eigenvalue weighted by Gasteiger charge is -2.43. The van der Waals surface area contributed by atoms with Gasteiger partial charge < -0.3 is 18.8 Å². The Hall–Kier alpha value is -2.40. The SMILES string of the molecule is Cc1c(C(C)(C)C)c(CO[SiH3])c(=O)n([C@@H]2c3cc(C#N)ccc3OC(C)(C)[C@H]2O)c1C. The summed E-state index contributed by atoms with van der Waals surface area (Å²) in [6.07, 6.45) is -0.991. The van der Waals surface area contributed by atoms with Crippen LogP contribution < -0.4 is 10.3 Å². The number of nitrogens with zero attached hydrogens (tertiary/aromatic N) is 2. The highest BCUT2D eigenvalue weighted by Gasteiger charge is 2.45. The molecule has 0 amide bonds. The van der Waals surface area contributed by atoms with Crippen LogP contribution in [0.2, 0.25) is 0 Å². The summed E-state index contributed by atoms with van der Waals surface area (Å²) in [5.74, 6) is 0.573. The zero-order chi connectivity index (χ0) is 23.3. The molecule has 0 bridgehead atoms. The van der Waals surface area contributed by atoms with Crippen molar-refractivity contribution >= 4 is 10.5 Å². The van der Waals surface area contributed by atoms with Crippen LogP contribution in [0.15, 0.2) is 23.0 Å². The molecule has 2 aromatic rings. The Balaban J connectivity index is 2.42. The standard InChI is InChI=1S/C24H32N2O4Si/c1-13-14(2)26(22(28)17(12-29-31)19(13)23(3,4)5)20-16-10-15(11-25)8-9-18(16)30-24(6,7)21(20)27/h8-10,20-21,27H,12H2,1-7,31H3/t20-,21+/m1/s1. The number of hydrogen-bond acceptors (Lipinski definition) is 5. The van der Waals surface area contributed by atoms with Gasteiger partial charge in [0.1, 0.15) is 27.9 Å². The van der Waals surface area contributed by atoms with E-state index in [1.165, 1.54) is 0 Å². The van der Waals surface area contributed by atoms with Crippen LogP contribution in [0.5, 0.6) is 5.75 Å². The van der Waals surface area contributed by atoms with Gasteiger partial charge in [-0.25, -0.2) is 0 Å². The van der Waals surface area contributed by atoms with Gasteiger partial charge in [0.2, 0.25) is 0 Å². The number of aliphatic hydroxyl groups excluding tert-OH is 1. The fourth-order valence-corrected chi connectivity index (χ4v) is 5.03. The molecule has 0 unspecified atom stereocenters. The molecule has 31 heavy (non-hydrogen) atoms. The van der Waals surface area contributed by atoms with E-state index in [1.54, 1.807) is 22.8 Å². The summed E-state index contributed by atoms with van der Waals surface area (Å²) in [7, 11) is 0.516. The first-order valence-electron chi connectivity index (χ1n) is 10.5. The minimum atomic E-state index is -0.991. The quantitative estimate of drug-likeness (QED) is 0.742. The first kappa shape index (κ1) is 23.3. The Morgan fingerprint density at radius 2 is 1.97 bits per heavy atom. The predicted octanol–water partition coefficient (Wildman–Crippen LogP) is 2.55. The largest absolute Gasteiger partial charge is 0.485 e. The second kappa shape index (κ2) is 7.94. The molecule has 1 N–H and O–H groups in total. The zero-order valence-corrected chi connectivity index (χ0v) is 21.7. The maximum absolute atomic E-state index is 13.9. The van der Waals surface area contributed by atoms with Crippen molar-refractivity contribution in [3.63, 3.8) is 0 Å². The predicted molar refractivity (Wildman–Crippen MR) is 124 cm³/mol. The smallest absolute Gasteiger partial charge is 0.257 e. The Morgan fingerprint density at radius 3 is 2.52 bits per heavy atom. The van der Waals surface area contributed by atoms with E-state index in [9.17, 15) is 15.2 Å². The molecule has 3 rings (SSSR count). The van der Waals surface area contributed by atoms with Gasteiger partial charge in [-0.2, -0.15) is 5.26 Å². The number of fused-ring (bicyclic) bond motifs is 1. The summed E-state index contributed by atoms with van der Waals surface area (Å²) in [6, 6.07) is 6.61. The molecule has 166 valence electrons. The highest BCUT2D eigenvalue weighted by atomic mass is 28.2. The molecule has 1 aromatic heterocycles. The topological polar surface area (TPSA) is 84.5 Å². The van der Waals surface area contributed by atoms with Crippen molar-refractivity contribution in [1.82, 2.24) is 4.57 Å². The maximum atomic E-state index is 13.9. The number of benzene rings is 1. The summed E-state index contributed by atoms with van der Waals surface area (Å²) in [5.41, 5.74) is 3.20. The van der Waals surface area contributed by atoms with Crippen LogP contribution in [0, 0.1) is 25.2 Å². The number of pyridine rings is 1. The van der Waals surface area contributed by atoms with Gasteiger partial charge in [-0.3, -0.25) is 4.79 Å². The molecule has 0 spiro atoms. The minimum absolute atomic E-state index is 0.168. The van der Waals surface area contributed by atoms with E-state index >= 15 is 0 Å². The molecule has 1 aliphatic rings. The third-order valence-electron chi connectivity index (χ3n) is 6.22. The summed E-state index contributed by atoms with van der Waals surface area (Å²) < 4.78 is 13.3. The molecule has 2 heterocycles. The Morgan fingerprint density at radius 1 is 1.32 bits per heavy atom. The van der Waals surface area contributed by atoms with Crippen molar-refractivity contribution in [2.45, 2.75) is 78.2 Å². The Kier molecular flexibility index (Phi) is 5.96. The summed E-state index contributed by atoms with van der Waals surface area (Å²) >= 11 is 0. The van der Waals surface area contributed by atoms with Gasteiger partial charge >= 0.3 is 0 Å². The molecule has 0 saturated carbocycles. The number of rotatable bonds is 3. The average molecular weight is 441 g/mol. The van der Waals surface area contributed by atoms with Gasteiger partial charge in [-0.15, -0.1) is 0 Å². The first-order chi connectivity index (χ1) is 14.3. The number of ether oxygens (including phenoxy) is 1. The van der Waals surface area contributed by atoms with Crippen molar-refractivity contribution in [3.8, 4) is 11.8 Å². The van der Waals surface area contributed by atoms with E-state index in [-0.39, 0.29) is 17.6 Å². The van der Waals surface area contributed by atoms with Crippen molar-refractivity contribution in [1.29, 1.82) is 5.26 Å². The van der Waals surface area contributed by atoms with E-state index in [2.05, 4.69) is 26.8 Å². The number of hydrogen-bond donors (Lipinski definition) is 1. The van der Waals surface area contributed by atoms with Crippen molar-refractivity contribution < 1.29 is 14.3 Å². The van der Waals surface area contributed by atoms with Crippen LogP contribution in [0.4, 0.5) is 0 Å². The molecular weight excluding hydrogens is 408 g/mol. The molecule has 0 fully saturated rings. The molecule has 0 aliphatic carbocycles. The molecule has 1 aromatic carbocycles. The van der Waals surface area contributed by atoms with E-state index in [4.69, 9.17) is 9.16 Å². The second-order valence-electron chi connectivity index (χ2n) is 9.88. The molecular formula is C24H32N2O4Si. The first-order valence-corrected chi connectivity index (χ1v) is 11.3. The number of aromatic nitrogens is 1. The molecule has 0 radical (unpaired) electrons. The lowest BCUT2D eigenvalue weighted by Crippen LogP contribution is -2.53. The van der Waals surface area contributed by atoms with Crippen LogP contribution in [-0.4, -0.2) is 31.9 Å². The lowest BCUT2D eigenvalue weighted by molar-refractivity contribution is -0.0647. The monoisotopic (exact) mass is 440 g/mol. The molecule has 7 heteroatoms. The third kappa shape index (κ3) is 3.84. The molecule has 1 aliphatic heterocycles. The zero-order valence-electron chi connectivity index (χ0n) is 19.7. The van der Waals surface area contributed by atoms with E-state index < -0.39 is 17.7 Å². The van der Waals surface area contributed by atoms with E-state index in [0.29, 0.717) is 32.9 Å². The maximum Gasteiger partial charge on any atom is 0.257 e. The minimum Gasteiger partial charge on any atom is -0.485 e. The van der Waals surface area contributed by atoms with Gasteiger partial charge in [-0.1, -0.05) is 20.8 Å². The van der Waals surface area contributed by atoms with Crippen LogP contribution in [0.25, 0.3) is 0 Å². The van der Waals surface area contributed by atoms with E-state index in [0.717, 1.165) is 16.8 Å². The fourth-order valence-electron chi connectivity index (χ4n) is 4.74. The third-order valence-corrected chi connectivity index (χ3v) is 6.51. The van der Waals surface area contributed by atoms with Crippen LogP contribution in [0.3, 0.4) is 0 Å². The molecule has 2 atom stereocenters.